The topological polar surface area (TPSA) is 75.3 Å². The lowest BCUT2D eigenvalue weighted by Gasteiger charge is -2.18. The summed E-state index contributed by atoms with van der Waals surface area (Å²) >= 11 is 0. The molecule has 0 saturated heterocycles. The zero-order chi connectivity index (χ0) is 20.4. The molecule has 0 heterocycles. The van der Waals surface area contributed by atoms with Crippen molar-refractivity contribution in [1.82, 2.24) is 4.72 Å². The van der Waals surface area contributed by atoms with Crippen molar-refractivity contribution in [2.45, 2.75) is 37.9 Å². The number of carbonyl (C=O) groups is 1. The van der Waals surface area contributed by atoms with Gasteiger partial charge >= 0.3 is 6.18 Å². The van der Waals surface area contributed by atoms with Gasteiger partial charge in [-0.05, 0) is 49.2 Å². The zero-order valence-electron chi connectivity index (χ0n) is 14.9. The fourth-order valence-electron chi connectivity index (χ4n) is 2.52. The van der Waals surface area contributed by atoms with Crippen LogP contribution in [0.2, 0.25) is 0 Å². The SMILES string of the molecule is CC(=O)Nc1ccc(C)c(S(=O)(=O)NC(C)c2cccc(C(F)(F)F)c2)c1. The quantitative estimate of drug-likeness (QED) is 0.796. The van der Waals surface area contributed by atoms with E-state index in [4.69, 9.17) is 0 Å². The number of benzene rings is 2. The van der Waals surface area contributed by atoms with Gasteiger partial charge in [-0.1, -0.05) is 18.2 Å². The van der Waals surface area contributed by atoms with Crippen molar-refractivity contribution in [2.75, 3.05) is 5.32 Å². The van der Waals surface area contributed by atoms with Crippen LogP contribution in [-0.2, 0) is 21.0 Å². The maximum absolute atomic E-state index is 12.9. The normalized spacial score (nSPS) is 13.3. The van der Waals surface area contributed by atoms with E-state index in [0.717, 1.165) is 12.1 Å². The number of nitrogens with one attached hydrogen (secondary N) is 2. The van der Waals surface area contributed by atoms with Crippen LogP contribution in [0.25, 0.3) is 0 Å². The minimum atomic E-state index is -4.52. The first kappa shape index (κ1) is 20.9. The van der Waals surface area contributed by atoms with Gasteiger partial charge in [0.25, 0.3) is 0 Å². The standard InChI is InChI=1S/C18H19F3N2O3S/c1-11-7-8-16(22-13(3)24)10-17(11)27(25,26)23-12(2)14-5-4-6-15(9-14)18(19,20)21/h4-10,12,23H,1-3H3,(H,22,24). The third-order valence-corrected chi connectivity index (χ3v) is 5.53. The van der Waals surface area contributed by atoms with Gasteiger partial charge < -0.3 is 5.32 Å². The van der Waals surface area contributed by atoms with Crippen LogP contribution in [-0.4, -0.2) is 14.3 Å². The Morgan fingerprint density at radius 1 is 1.11 bits per heavy atom. The van der Waals surface area contributed by atoms with Crippen molar-refractivity contribution < 1.29 is 26.4 Å². The summed E-state index contributed by atoms with van der Waals surface area (Å²) < 4.78 is 66.4. The van der Waals surface area contributed by atoms with E-state index in [0.29, 0.717) is 11.3 Å². The Morgan fingerprint density at radius 2 is 1.78 bits per heavy atom. The number of hydrogen-bond acceptors (Lipinski definition) is 3. The molecule has 27 heavy (non-hydrogen) atoms. The van der Waals surface area contributed by atoms with E-state index in [2.05, 4.69) is 10.0 Å². The molecule has 0 saturated carbocycles. The predicted molar refractivity (Wildman–Crippen MR) is 95.7 cm³/mol. The molecule has 0 aliphatic heterocycles. The molecular formula is C18H19F3N2O3S. The van der Waals surface area contributed by atoms with Crippen LogP contribution in [0.4, 0.5) is 18.9 Å². The van der Waals surface area contributed by atoms with E-state index in [1.807, 2.05) is 0 Å². The number of aryl methyl sites for hydroxylation is 1. The molecule has 0 aliphatic rings. The average Bonchev–Trinajstić information content (AvgIpc) is 2.55. The lowest BCUT2D eigenvalue weighted by molar-refractivity contribution is -0.137. The Hall–Kier alpha value is -2.39. The largest absolute Gasteiger partial charge is 0.416 e. The number of anilines is 1. The van der Waals surface area contributed by atoms with Crippen molar-refractivity contribution in [2.24, 2.45) is 0 Å². The van der Waals surface area contributed by atoms with Crippen LogP contribution in [0.15, 0.2) is 47.4 Å². The average molecular weight is 400 g/mol. The number of amides is 1. The molecule has 0 fully saturated rings. The summed E-state index contributed by atoms with van der Waals surface area (Å²) in [5.41, 5.74) is 0.0759. The number of rotatable bonds is 5. The van der Waals surface area contributed by atoms with Gasteiger partial charge in [0.15, 0.2) is 0 Å². The van der Waals surface area contributed by atoms with Crippen molar-refractivity contribution in [3.63, 3.8) is 0 Å². The summed E-state index contributed by atoms with van der Waals surface area (Å²) in [7, 11) is -4.03. The molecule has 0 radical (unpaired) electrons. The van der Waals surface area contributed by atoms with Crippen molar-refractivity contribution in [1.29, 1.82) is 0 Å². The molecule has 2 N–H and O–H groups in total. The van der Waals surface area contributed by atoms with Crippen LogP contribution in [0.3, 0.4) is 0 Å². The van der Waals surface area contributed by atoms with Crippen molar-refractivity contribution in [3.8, 4) is 0 Å². The Morgan fingerprint density at radius 3 is 2.37 bits per heavy atom. The summed E-state index contributed by atoms with van der Waals surface area (Å²) in [6.45, 7) is 4.34. The molecule has 0 bridgehead atoms. The van der Waals surface area contributed by atoms with Gasteiger partial charge in [-0.2, -0.15) is 13.2 Å². The van der Waals surface area contributed by atoms with Gasteiger partial charge in [0.05, 0.1) is 10.5 Å². The second-order valence-electron chi connectivity index (χ2n) is 6.13. The molecule has 0 aromatic heterocycles. The molecule has 1 atom stereocenters. The van der Waals surface area contributed by atoms with E-state index in [-0.39, 0.29) is 16.4 Å². The van der Waals surface area contributed by atoms with E-state index < -0.39 is 27.8 Å². The first-order chi connectivity index (χ1) is 12.4. The minimum absolute atomic E-state index is 0.0624. The number of halogens is 3. The van der Waals surface area contributed by atoms with E-state index in [1.54, 1.807) is 13.0 Å². The van der Waals surface area contributed by atoms with Gasteiger partial charge in [-0.15, -0.1) is 0 Å². The second kappa shape index (κ2) is 7.69. The molecular weight excluding hydrogens is 381 g/mol. The molecule has 2 rings (SSSR count). The number of sulfonamides is 1. The molecule has 2 aromatic rings. The third kappa shape index (κ3) is 5.30. The fraction of sp³-hybridized carbons (Fsp3) is 0.278. The van der Waals surface area contributed by atoms with Crippen LogP contribution in [0.5, 0.6) is 0 Å². The minimum Gasteiger partial charge on any atom is -0.326 e. The molecule has 2 aromatic carbocycles. The predicted octanol–water partition coefficient (Wildman–Crippen LogP) is 4.01. The Balaban J connectivity index is 2.32. The Labute approximate surface area is 155 Å². The maximum atomic E-state index is 12.9. The van der Waals surface area contributed by atoms with E-state index in [9.17, 15) is 26.4 Å². The van der Waals surface area contributed by atoms with Crippen LogP contribution >= 0.6 is 0 Å². The monoisotopic (exact) mass is 400 g/mol. The van der Waals surface area contributed by atoms with Gasteiger partial charge in [-0.25, -0.2) is 13.1 Å². The summed E-state index contributed by atoms with van der Waals surface area (Å²) in [4.78, 5) is 11.1. The smallest absolute Gasteiger partial charge is 0.326 e. The maximum Gasteiger partial charge on any atom is 0.416 e. The first-order valence-electron chi connectivity index (χ1n) is 7.98. The highest BCUT2D eigenvalue weighted by molar-refractivity contribution is 7.89. The first-order valence-corrected chi connectivity index (χ1v) is 9.46. The highest BCUT2D eigenvalue weighted by atomic mass is 32.2. The fourth-order valence-corrected chi connectivity index (χ4v) is 4.02. The van der Waals surface area contributed by atoms with Crippen LogP contribution < -0.4 is 10.0 Å². The Bertz CT molecular complexity index is 957. The van der Waals surface area contributed by atoms with Crippen LogP contribution in [0, 0.1) is 6.92 Å². The van der Waals surface area contributed by atoms with Gasteiger partial charge in [0.2, 0.25) is 15.9 Å². The summed E-state index contributed by atoms with van der Waals surface area (Å²) in [6.07, 6.45) is -4.52. The van der Waals surface area contributed by atoms with Gasteiger partial charge in [0.1, 0.15) is 0 Å². The van der Waals surface area contributed by atoms with Gasteiger partial charge in [0, 0.05) is 18.7 Å². The molecule has 0 spiro atoms. The summed E-state index contributed by atoms with van der Waals surface area (Å²) in [6, 6.07) is 7.99. The lowest BCUT2D eigenvalue weighted by atomic mass is 10.1. The molecule has 5 nitrogen and oxygen atoms in total. The number of carbonyl (C=O) groups excluding carboxylic acids is 1. The molecule has 1 unspecified atom stereocenters. The van der Waals surface area contributed by atoms with Crippen molar-refractivity contribution in [3.05, 3.63) is 59.2 Å². The van der Waals surface area contributed by atoms with E-state index >= 15 is 0 Å². The Kier molecular flexibility index (Phi) is 5.96. The van der Waals surface area contributed by atoms with E-state index in [1.165, 1.54) is 38.1 Å². The highest BCUT2D eigenvalue weighted by Crippen LogP contribution is 2.31. The summed E-state index contributed by atoms with van der Waals surface area (Å²) in [5.74, 6) is -0.354. The van der Waals surface area contributed by atoms with Gasteiger partial charge in [-0.3, -0.25) is 4.79 Å². The van der Waals surface area contributed by atoms with Crippen LogP contribution in [0.1, 0.15) is 36.6 Å². The lowest BCUT2D eigenvalue weighted by Crippen LogP contribution is -2.28. The third-order valence-electron chi connectivity index (χ3n) is 3.84. The molecule has 9 heteroatoms. The highest BCUT2D eigenvalue weighted by Gasteiger charge is 2.31. The molecule has 1 amide bonds. The number of hydrogen-bond donors (Lipinski definition) is 2. The number of alkyl halides is 3. The second-order valence-corrected chi connectivity index (χ2v) is 7.81. The molecule has 0 aliphatic carbocycles. The summed E-state index contributed by atoms with van der Waals surface area (Å²) in [5, 5.41) is 2.50. The zero-order valence-corrected chi connectivity index (χ0v) is 15.7. The van der Waals surface area contributed by atoms with Crippen molar-refractivity contribution >= 4 is 21.6 Å². The molecule has 146 valence electrons.